The Labute approximate surface area is 129 Å². The van der Waals surface area contributed by atoms with E-state index in [1.54, 1.807) is 14.0 Å². The van der Waals surface area contributed by atoms with Gasteiger partial charge in [0.25, 0.3) is 5.56 Å². The van der Waals surface area contributed by atoms with Crippen LogP contribution in [-0.2, 0) is 19.8 Å². The molecule has 0 aliphatic rings. The van der Waals surface area contributed by atoms with E-state index in [4.69, 9.17) is 0 Å². The number of hydrogen-bond acceptors (Lipinski definition) is 3. The lowest BCUT2D eigenvalue weighted by Gasteiger charge is -2.15. The van der Waals surface area contributed by atoms with E-state index in [0.29, 0.717) is 5.82 Å². The van der Waals surface area contributed by atoms with Gasteiger partial charge in [0.1, 0.15) is 11.2 Å². The predicted molar refractivity (Wildman–Crippen MR) is 78.1 cm³/mol. The van der Waals surface area contributed by atoms with Gasteiger partial charge in [-0.1, -0.05) is 18.2 Å². The molecule has 0 unspecified atom stereocenters. The van der Waals surface area contributed by atoms with Crippen molar-refractivity contribution in [2.75, 3.05) is 0 Å². The smallest absolute Gasteiger partial charge is 0.292 e. The van der Waals surface area contributed by atoms with Gasteiger partial charge in [-0.05, 0) is 18.6 Å². The summed E-state index contributed by atoms with van der Waals surface area (Å²) in [6.45, 7) is 1.38. The number of hydrogen-bond donors (Lipinski definition) is 0. The summed E-state index contributed by atoms with van der Waals surface area (Å²) in [5.74, 6) is 0.318. The lowest BCUT2D eigenvalue weighted by molar-refractivity contribution is -0.138. The Balaban J connectivity index is 2.15. The van der Waals surface area contributed by atoms with Gasteiger partial charge in [0.05, 0.1) is 12.1 Å². The molecule has 0 amide bonds. The van der Waals surface area contributed by atoms with Crippen molar-refractivity contribution in [3.63, 3.8) is 0 Å². The van der Waals surface area contributed by atoms with Crippen LogP contribution in [0.15, 0.2) is 35.3 Å². The molecule has 0 spiro atoms. The Morgan fingerprint density at radius 3 is 2.61 bits per heavy atom. The first kappa shape index (κ1) is 15.3. The van der Waals surface area contributed by atoms with Crippen LogP contribution in [0, 0.1) is 6.92 Å². The summed E-state index contributed by atoms with van der Waals surface area (Å²) in [7, 11) is 1.65. The number of halogens is 3. The van der Waals surface area contributed by atoms with Crippen LogP contribution in [-0.4, -0.2) is 19.3 Å². The van der Waals surface area contributed by atoms with E-state index in [-0.39, 0.29) is 23.1 Å². The van der Waals surface area contributed by atoms with Gasteiger partial charge < -0.3 is 0 Å². The van der Waals surface area contributed by atoms with Crippen molar-refractivity contribution >= 4 is 11.0 Å². The zero-order valence-electron chi connectivity index (χ0n) is 12.4. The molecular weight excluding hydrogens is 309 g/mol. The maximum absolute atomic E-state index is 13.1. The molecule has 0 aliphatic heterocycles. The Kier molecular flexibility index (Phi) is 3.46. The Bertz CT molecular complexity index is 940. The number of benzene rings is 1. The largest absolute Gasteiger partial charge is 0.416 e. The van der Waals surface area contributed by atoms with Crippen LogP contribution >= 0.6 is 0 Å². The third kappa shape index (κ3) is 2.71. The van der Waals surface area contributed by atoms with E-state index in [1.807, 2.05) is 0 Å². The zero-order valence-corrected chi connectivity index (χ0v) is 12.4. The Hall–Kier alpha value is -2.64. The molecule has 8 heteroatoms. The van der Waals surface area contributed by atoms with E-state index >= 15 is 0 Å². The molecule has 3 rings (SSSR count). The van der Waals surface area contributed by atoms with Crippen molar-refractivity contribution in [2.24, 2.45) is 7.05 Å². The van der Waals surface area contributed by atoms with Crippen LogP contribution in [0.3, 0.4) is 0 Å². The highest BCUT2D eigenvalue weighted by atomic mass is 19.4. The van der Waals surface area contributed by atoms with Crippen LogP contribution in [0.25, 0.3) is 11.0 Å². The minimum Gasteiger partial charge on any atom is -0.292 e. The molecule has 0 saturated heterocycles. The average Bonchev–Trinajstić information content (AvgIpc) is 2.83. The van der Waals surface area contributed by atoms with Crippen LogP contribution < -0.4 is 5.56 Å². The van der Waals surface area contributed by atoms with E-state index in [2.05, 4.69) is 10.1 Å². The first-order valence-corrected chi connectivity index (χ1v) is 6.83. The number of rotatable bonds is 2. The van der Waals surface area contributed by atoms with Gasteiger partial charge in [-0.2, -0.15) is 18.3 Å². The molecule has 2 aromatic heterocycles. The van der Waals surface area contributed by atoms with E-state index < -0.39 is 17.3 Å². The fourth-order valence-electron chi connectivity index (χ4n) is 2.51. The summed E-state index contributed by atoms with van der Waals surface area (Å²) < 4.78 is 42.0. The summed E-state index contributed by atoms with van der Waals surface area (Å²) in [4.78, 5) is 16.7. The minimum absolute atomic E-state index is 0.0234. The molecular formula is C15H13F3N4O. The summed E-state index contributed by atoms with van der Waals surface area (Å²) in [5.41, 5.74) is -0.847. The van der Waals surface area contributed by atoms with Gasteiger partial charge in [-0.25, -0.2) is 4.98 Å². The predicted octanol–water partition coefficient (Wildman–Crippen LogP) is 2.51. The number of nitrogens with zero attached hydrogens (tertiary/aromatic N) is 4. The monoisotopic (exact) mass is 322 g/mol. The van der Waals surface area contributed by atoms with Gasteiger partial charge in [0, 0.05) is 13.2 Å². The molecule has 0 fully saturated rings. The average molecular weight is 322 g/mol. The molecule has 0 N–H and O–H groups in total. The quantitative estimate of drug-likeness (QED) is 0.728. The van der Waals surface area contributed by atoms with E-state index in [0.717, 1.165) is 6.07 Å². The molecule has 1 aromatic carbocycles. The van der Waals surface area contributed by atoms with Crippen molar-refractivity contribution in [2.45, 2.75) is 19.6 Å². The number of fused-ring (bicyclic) bond motifs is 1. The molecule has 5 nitrogen and oxygen atoms in total. The molecule has 0 bridgehead atoms. The summed E-state index contributed by atoms with van der Waals surface area (Å²) >= 11 is 0. The topological polar surface area (TPSA) is 52.7 Å². The maximum atomic E-state index is 13.1. The SMILES string of the molecule is Cc1nc2nn(C)cc2c(=O)n1Cc1ccccc1C(F)(F)F. The van der Waals surface area contributed by atoms with Crippen molar-refractivity contribution in [3.8, 4) is 0 Å². The second kappa shape index (κ2) is 5.22. The van der Waals surface area contributed by atoms with Gasteiger partial charge in [-0.15, -0.1) is 0 Å². The third-order valence-corrected chi connectivity index (χ3v) is 3.59. The second-order valence-electron chi connectivity index (χ2n) is 5.25. The van der Waals surface area contributed by atoms with E-state index in [1.165, 1.54) is 33.6 Å². The molecule has 0 saturated carbocycles. The van der Waals surface area contributed by atoms with Crippen molar-refractivity contribution in [3.05, 3.63) is 57.8 Å². The fourth-order valence-corrected chi connectivity index (χ4v) is 2.51. The minimum atomic E-state index is -4.47. The normalized spacial score (nSPS) is 12.0. The zero-order chi connectivity index (χ0) is 16.8. The third-order valence-electron chi connectivity index (χ3n) is 3.59. The number of aryl methyl sites for hydroxylation is 2. The van der Waals surface area contributed by atoms with Crippen molar-refractivity contribution in [1.82, 2.24) is 19.3 Å². The van der Waals surface area contributed by atoms with Crippen LogP contribution in [0.5, 0.6) is 0 Å². The van der Waals surface area contributed by atoms with Crippen molar-refractivity contribution < 1.29 is 13.2 Å². The molecule has 120 valence electrons. The fraction of sp³-hybridized carbons (Fsp3) is 0.267. The maximum Gasteiger partial charge on any atom is 0.416 e. The Morgan fingerprint density at radius 2 is 1.91 bits per heavy atom. The molecule has 3 aromatic rings. The molecule has 0 aliphatic carbocycles. The van der Waals surface area contributed by atoms with E-state index in [9.17, 15) is 18.0 Å². The first-order valence-electron chi connectivity index (χ1n) is 6.83. The summed E-state index contributed by atoms with van der Waals surface area (Å²) in [5, 5.41) is 4.33. The van der Waals surface area contributed by atoms with Crippen molar-refractivity contribution in [1.29, 1.82) is 0 Å². The van der Waals surface area contributed by atoms with Crippen LogP contribution in [0.4, 0.5) is 13.2 Å². The standard InChI is InChI=1S/C15H13F3N4O/c1-9-19-13-11(8-21(2)20-13)14(23)22(9)7-10-5-3-4-6-12(10)15(16,17)18/h3-6,8H,7H2,1-2H3. The van der Waals surface area contributed by atoms with Gasteiger partial charge >= 0.3 is 6.18 Å². The Morgan fingerprint density at radius 1 is 1.22 bits per heavy atom. The lowest BCUT2D eigenvalue weighted by atomic mass is 10.1. The molecule has 2 heterocycles. The lowest BCUT2D eigenvalue weighted by Crippen LogP contribution is -2.25. The van der Waals surface area contributed by atoms with Gasteiger partial charge in [0.2, 0.25) is 0 Å². The highest BCUT2D eigenvalue weighted by Crippen LogP contribution is 2.32. The summed E-state index contributed by atoms with van der Waals surface area (Å²) in [6, 6.07) is 5.21. The highest BCUT2D eigenvalue weighted by molar-refractivity contribution is 5.72. The number of alkyl halides is 3. The summed E-state index contributed by atoms with van der Waals surface area (Å²) in [6.07, 6.45) is -2.96. The van der Waals surface area contributed by atoms with Crippen LogP contribution in [0.1, 0.15) is 17.0 Å². The molecule has 23 heavy (non-hydrogen) atoms. The molecule has 0 atom stereocenters. The van der Waals surface area contributed by atoms with Gasteiger partial charge in [-0.3, -0.25) is 14.0 Å². The second-order valence-corrected chi connectivity index (χ2v) is 5.25. The number of aromatic nitrogens is 4. The first-order chi connectivity index (χ1) is 10.8. The molecule has 0 radical (unpaired) electrons. The highest BCUT2D eigenvalue weighted by Gasteiger charge is 2.33. The van der Waals surface area contributed by atoms with Crippen LogP contribution in [0.2, 0.25) is 0 Å². The van der Waals surface area contributed by atoms with Gasteiger partial charge in [0.15, 0.2) is 5.65 Å².